The number of allylic oxidation sites excluding steroid dienone is 1. The summed E-state index contributed by atoms with van der Waals surface area (Å²) in [7, 11) is 0. The summed E-state index contributed by atoms with van der Waals surface area (Å²) >= 11 is 0. The minimum atomic E-state index is 0. The van der Waals surface area contributed by atoms with Gasteiger partial charge < -0.3 is 0 Å². The molecule has 0 amide bonds. The average Bonchev–Trinajstić information content (AvgIpc) is 2.19. The van der Waals surface area contributed by atoms with Gasteiger partial charge in [-0.15, -0.1) is 0 Å². The van der Waals surface area contributed by atoms with Crippen LogP contribution in [-0.2, 0) is 6.42 Å². The second kappa shape index (κ2) is 3.61. The fourth-order valence-corrected chi connectivity index (χ4v) is 2.07. The molecule has 1 heteroatoms. The van der Waals surface area contributed by atoms with Gasteiger partial charge in [0.05, 0.1) is 0 Å². The van der Waals surface area contributed by atoms with Crippen molar-refractivity contribution in [2.45, 2.75) is 6.42 Å². The molecule has 0 atom stereocenters. The molecule has 68 valence electrons. The van der Waals surface area contributed by atoms with Gasteiger partial charge in [0.15, 0.2) is 0 Å². The quantitative estimate of drug-likeness (QED) is 0.626. The first kappa shape index (κ1) is 9.51. The molecule has 0 saturated carbocycles. The Morgan fingerprint density at radius 1 is 0.929 bits per heavy atom. The summed E-state index contributed by atoms with van der Waals surface area (Å²) in [6.45, 7) is 0. The molecule has 2 aromatic carbocycles. The zero-order chi connectivity index (χ0) is 8.67. The van der Waals surface area contributed by atoms with Crippen molar-refractivity contribution in [3.05, 3.63) is 53.6 Å². The monoisotopic (exact) mass is 246 g/mol. The molecule has 0 bridgehead atoms. The van der Waals surface area contributed by atoms with Crippen molar-refractivity contribution < 1.29 is 0 Å². The van der Waals surface area contributed by atoms with Crippen molar-refractivity contribution in [3.63, 3.8) is 0 Å². The average molecular weight is 245 g/mol. The summed E-state index contributed by atoms with van der Waals surface area (Å²) in [6.07, 6.45) is 5.53. The largest absolute Gasteiger partial charge is 0.0795 e. The Bertz CT molecular complexity index is 492. The molecule has 0 aliphatic heterocycles. The van der Waals surface area contributed by atoms with Crippen LogP contribution >= 0.6 is 0 Å². The Kier molecular flexibility index (Phi) is 2.45. The predicted octanol–water partition coefficient (Wildman–Crippen LogP) is 3.03. The standard InChI is InChI=1S/C13H10.Se/c1-4-10-6-2-8-12-9-3-7-11(5-1)13(10)12;/h1-8H,9H2;. The smallest absolute Gasteiger partial charge is 0 e. The molecule has 0 heterocycles. The van der Waals surface area contributed by atoms with Crippen LogP contribution in [0.4, 0.5) is 0 Å². The zero-order valence-electron chi connectivity index (χ0n) is 7.73. The Labute approximate surface area is 94.1 Å². The maximum atomic E-state index is 2.23. The van der Waals surface area contributed by atoms with Crippen LogP contribution in [0.25, 0.3) is 16.8 Å². The first-order valence-corrected chi connectivity index (χ1v) is 4.62. The van der Waals surface area contributed by atoms with E-state index in [1.807, 2.05) is 0 Å². The molecular formula is C13H10Se. The summed E-state index contributed by atoms with van der Waals surface area (Å²) in [5.74, 6) is 0. The van der Waals surface area contributed by atoms with E-state index in [1.165, 1.54) is 21.9 Å². The summed E-state index contributed by atoms with van der Waals surface area (Å²) in [4.78, 5) is 0. The molecule has 2 radical (unpaired) electrons. The van der Waals surface area contributed by atoms with Crippen LogP contribution in [0.2, 0.25) is 0 Å². The Morgan fingerprint density at radius 2 is 1.71 bits per heavy atom. The Balaban J connectivity index is 0.000000750. The Morgan fingerprint density at radius 3 is 2.57 bits per heavy atom. The molecule has 0 fully saturated rings. The van der Waals surface area contributed by atoms with Gasteiger partial charge >= 0.3 is 0 Å². The van der Waals surface area contributed by atoms with Crippen LogP contribution < -0.4 is 0 Å². The van der Waals surface area contributed by atoms with Crippen LogP contribution in [0.1, 0.15) is 11.1 Å². The van der Waals surface area contributed by atoms with E-state index >= 15 is 0 Å². The van der Waals surface area contributed by atoms with Gasteiger partial charge in [-0.2, -0.15) is 0 Å². The third-order valence-corrected chi connectivity index (χ3v) is 2.66. The van der Waals surface area contributed by atoms with E-state index < -0.39 is 0 Å². The molecule has 0 N–H and O–H groups in total. The summed E-state index contributed by atoms with van der Waals surface area (Å²) < 4.78 is 0. The van der Waals surface area contributed by atoms with Gasteiger partial charge in [-0.3, -0.25) is 0 Å². The van der Waals surface area contributed by atoms with Crippen molar-refractivity contribution in [3.8, 4) is 0 Å². The molecule has 0 saturated heterocycles. The van der Waals surface area contributed by atoms with Crippen LogP contribution in [0.3, 0.4) is 0 Å². The summed E-state index contributed by atoms with van der Waals surface area (Å²) in [5, 5.41) is 2.80. The molecule has 1 aliphatic carbocycles. The zero-order valence-corrected chi connectivity index (χ0v) is 9.45. The van der Waals surface area contributed by atoms with E-state index in [0.29, 0.717) is 0 Å². The van der Waals surface area contributed by atoms with E-state index in [9.17, 15) is 0 Å². The van der Waals surface area contributed by atoms with Crippen LogP contribution in [-0.4, -0.2) is 17.1 Å². The topological polar surface area (TPSA) is 0 Å². The molecule has 3 rings (SSSR count). The van der Waals surface area contributed by atoms with Gasteiger partial charge in [0.1, 0.15) is 0 Å². The van der Waals surface area contributed by atoms with E-state index in [2.05, 4.69) is 48.6 Å². The minimum Gasteiger partial charge on any atom is -0.0795 e. The maximum Gasteiger partial charge on any atom is 0 e. The molecule has 0 aromatic heterocycles. The van der Waals surface area contributed by atoms with Crippen molar-refractivity contribution in [2.24, 2.45) is 0 Å². The summed E-state index contributed by atoms with van der Waals surface area (Å²) in [5.41, 5.74) is 2.81. The number of rotatable bonds is 0. The van der Waals surface area contributed by atoms with E-state index in [0.717, 1.165) is 6.42 Å². The third kappa shape index (κ3) is 1.30. The normalized spacial score (nSPS) is 12.6. The Hall–Kier alpha value is -1.04. The van der Waals surface area contributed by atoms with Crippen molar-refractivity contribution in [2.75, 3.05) is 0 Å². The summed E-state index contributed by atoms with van der Waals surface area (Å²) in [6, 6.07) is 13.0. The molecule has 2 aromatic rings. The van der Waals surface area contributed by atoms with Gasteiger partial charge in [0.25, 0.3) is 0 Å². The molecular weight excluding hydrogens is 235 g/mol. The third-order valence-electron chi connectivity index (χ3n) is 2.66. The maximum absolute atomic E-state index is 2.23. The molecule has 14 heavy (non-hydrogen) atoms. The first-order valence-electron chi connectivity index (χ1n) is 4.62. The number of hydrogen-bond donors (Lipinski definition) is 0. The second-order valence-electron chi connectivity index (χ2n) is 3.47. The molecule has 0 spiro atoms. The van der Waals surface area contributed by atoms with E-state index in [4.69, 9.17) is 0 Å². The van der Waals surface area contributed by atoms with E-state index in [1.54, 1.807) is 0 Å². The van der Waals surface area contributed by atoms with Crippen LogP contribution in [0.5, 0.6) is 0 Å². The van der Waals surface area contributed by atoms with Crippen molar-refractivity contribution in [1.82, 2.24) is 0 Å². The van der Waals surface area contributed by atoms with Gasteiger partial charge in [0.2, 0.25) is 0 Å². The van der Waals surface area contributed by atoms with Crippen LogP contribution in [0, 0.1) is 0 Å². The molecule has 1 aliphatic rings. The number of hydrogen-bond acceptors (Lipinski definition) is 0. The molecule has 0 nitrogen and oxygen atoms in total. The fourth-order valence-electron chi connectivity index (χ4n) is 2.07. The second-order valence-corrected chi connectivity index (χ2v) is 3.47. The minimum absolute atomic E-state index is 0. The van der Waals surface area contributed by atoms with E-state index in [-0.39, 0.29) is 17.1 Å². The van der Waals surface area contributed by atoms with Crippen molar-refractivity contribution in [1.29, 1.82) is 0 Å². The number of benzene rings is 2. The first-order chi connectivity index (χ1) is 6.45. The van der Waals surface area contributed by atoms with Crippen LogP contribution in [0.15, 0.2) is 42.5 Å². The SMILES string of the molecule is C1=Cc2cccc3cccc(c23)C1.[Se]. The van der Waals surface area contributed by atoms with Gasteiger partial charge in [0, 0.05) is 17.1 Å². The molecule has 0 unspecified atom stereocenters. The fraction of sp³-hybridized carbons (Fsp3) is 0.0769. The van der Waals surface area contributed by atoms with Gasteiger partial charge in [-0.25, -0.2) is 0 Å². The van der Waals surface area contributed by atoms with Crippen molar-refractivity contribution >= 4 is 33.9 Å². The van der Waals surface area contributed by atoms with Gasteiger partial charge in [-0.1, -0.05) is 48.6 Å². The van der Waals surface area contributed by atoms with Gasteiger partial charge in [-0.05, 0) is 28.3 Å². The predicted molar refractivity (Wildman–Crippen MR) is 62.4 cm³/mol.